The molecule has 3 saturated heterocycles. The Hall–Kier alpha value is -2.60. The van der Waals surface area contributed by atoms with Gasteiger partial charge in [-0.1, -0.05) is 93.4 Å². The van der Waals surface area contributed by atoms with Crippen molar-refractivity contribution in [3.05, 3.63) is 0 Å². The van der Waals surface area contributed by atoms with Crippen molar-refractivity contribution in [3.8, 4) is 0 Å². The minimum absolute atomic E-state index is 0.00502. The van der Waals surface area contributed by atoms with Crippen LogP contribution in [0.2, 0.25) is 0 Å². The smallest absolute Gasteiger partial charge is 0.303 e. The Labute approximate surface area is 442 Å². The lowest BCUT2D eigenvalue weighted by Crippen LogP contribution is -2.70. The van der Waals surface area contributed by atoms with Gasteiger partial charge < -0.3 is 76.4 Å². The van der Waals surface area contributed by atoms with Crippen molar-refractivity contribution in [2.24, 2.45) is 0 Å². The summed E-state index contributed by atoms with van der Waals surface area (Å²) in [4.78, 5) is 50.7. The molecule has 0 aliphatic carbocycles. The zero-order valence-corrected chi connectivity index (χ0v) is 46.9. The molecule has 74 heavy (non-hydrogen) atoms. The fraction of sp³-hybridized carbons (Fsp3) is 0.926. The van der Waals surface area contributed by atoms with Crippen molar-refractivity contribution in [2.45, 2.75) is 258 Å². The molecule has 0 aromatic heterocycles. The zero-order chi connectivity index (χ0) is 54.3. The topological polar surface area (TPSA) is 219 Å². The van der Waals surface area contributed by atoms with Crippen LogP contribution in [0.25, 0.3) is 0 Å². The molecule has 0 bridgehead atoms. The van der Waals surface area contributed by atoms with E-state index >= 15 is 0 Å². The van der Waals surface area contributed by atoms with E-state index in [9.17, 15) is 19.2 Å². The van der Waals surface area contributed by atoms with E-state index in [4.69, 9.17) is 71.1 Å². The molecule has 7 unspecified atom stereocenters. The maximum absolute atomic E-state index is 13.1. The van der Waals surface area contributed by atoms with Crippen LogP contribution in [-0.4, -0.2) is 182 Å². The Kier molecular flexibility index (Phi) is 33.8. The normalized spacial score (nSPS) is 30.2. The van der Waals surface area contributed by atoms with Gasteiger partial charge in [0, 0.05) is 73.9 Å². The Balaban J connectivity index is 2.31. The van der Waals surface area contributed by atoms with Crippen molar-refractivity contribution < 1.29 is 90.2 Å². The van der Waals surface area contributed by atoms with E-state index in [1.807, 2.05) is 0 Å². The lowest BCUT2D eigenvalue weighted by molar-refractivity contribution is -0.385. The quantitative estimate of drug-likeness (QED) is 0.0370. The molecule has 15 atom stereocenters. The Bertz CT molecular complexity index is 1530. The van der Waals surface area contributed by atoms with Crippen LogP contribution < -0.4 is 5.32 Å². The van der Waals surface area contributed by atoms with Crippen molar-refractivity contribution in [3.63, 3.8) is 0 Å². The molecule has 0 aromatic carbocycles. The highest BCUT2D eigenvalue weighted by Gasteiger charge is 2.57. The minimum Gasteiger partial charge on any atom is -0.463 e. The highest BCUT2D eigenvalue weighted by Crippen LogP contribution is 2.38. The number of rotatable bonds is 39. The molecular weight excluding hydrogens is 967 g/mol. The molecule has 20 nitrogen and oxygen atoms in total. The number of carbonyl (C=O) groups excluding carboxylic acids is 4. The lowest BCUT2D eigenvalue weighted by atomic mass is 9.94. The molecule has 3 rings (SSSR count). The van der Waals surface area contributed by atoms with Crippen LogP contribution in [-0.2, 0) is 90.2 Å². The third-order valence-corrected chi connectivity index (χ3v) is 12.7. The predicted molar refractivity (Wildman–Crippen MR) is 272 cm³/mol. The summed E-state index contributed by atoms with van der Waals surface area (Å²) in [6.45, 7) is 22.1. The maximum atomic E-state index is 13.1. The van der Waals surface area contributed by atoms with Crippen molar-refractivity contribution in [1.29, 1.82) is 0 Å². The first-order valence-electron chi connectivity index (χ1n) is 28.0. The molecule has 3 aliphatic rings. The molecule has 0 radical (unpaired) electrons. The largest absolute Gasteiger partial charge is 0.463 e. The second-order valence-electron chi connectivity index (χ2n) is 19.3. The van der Waals surface area contributed by atoms with E-state index in [1.54, 1.807) is 0 Å². The second kappa shape index (κ2) is 38.0. The van der Waals surface area contributed by atoms with E-state index in [0.29, 0.717) is 59.1 Å². The summed E-state index contributed by atoms with van der Waals surface area (Å²) >= 11 is 0. The van der Waals surface area contributed by atoms with Crippen LogP contribution in [0.5, 0.6) is 0 Å². The third-order valence-electron chi connectivity index (χ3n) is 12.7. The number of hydrogen-bond acceptors (Lipinski definition) is 19. The van der Waals surface area contributed by atoms with E-state index < -0.39 is 122 Å². The highest BCUT2D eigenvalue weighted by molar-refractivity contribution is 5.73. The van der Waals surface area contributed by atoms with Gasteiger partial charge in [0.15, 0.2) is 31.1 Å². The van der Waals surface area contributed by atoms with Crippen molar-refractivity contribution in [1.82, 2.24) is 5.32 Å². The minimum atomic E-state index is -1.45. The Morgan fingerprint density at radius 1 is 0.378 bits per heavy atom. The van der Waals surface area contributed by atoms with E-state index in [0.717, 1.165) is 77.0 Å². The zero-order valence-electron chi connectivity index (χ0n) is 46.9. The average molecular weight is 1060 g/mol. The summed E-state index contributed by atoms with van der Waals surface area (Å²) in [7, 11) is 0. The van der Waals surface area contributed by atoms with Crippen molar-refractivity contribution in [2.75, 3.05) is 66.1 Å². The molecule has 3 aliphatic heterocycles. The molecule has 3 fully saturated rings. The van der Waals surface area contributed by atoms with Crippen LogP contribution in [0.1, 0.15) is 166 Å². The molecule has 0 aromatic rings. The summed E-state index contributed by atoms with van der Waals surface area (Å²) in [5.74, 6) is -2.63. The first kappa shape index (κ1) is 65.7. The predicted octanol–water partition coefficient (Wildman–Crippen LogP) is 7.05. The van der Waals surface area contributed by atoms with E-state index in [2.05, 4.69) is 53.8 Å². The Morgan fingerprint density at radius 3 is 1.18 bits per heavy atom. The van der Waals surface area contributed by atoms with Crippen LogP contribution in [0.15, 0.2) is 0 Å². The summed E-state index contributed by atoms with van der Waals surface area (Å²) < 4.78 is 98.4. The molecule has 20 heteroatoms. The molecule has 3 heterocycles. The number of ether oxygens (including phenoxy) is 15. The number of carbonyl (C=O) groups is 4. The number of esters is 3. The van der Waals surface area contributed by atoms with Crippen LogP contribution >= 0.6 is 0 Å². The second-order valence-corrected chi connectivity index (χ2v) is 19.3. The first-order chi connectivity index (χ1) is 35.8. The molecule has 0 saturated carbocycles. The monoisotopic (exact) mass is 1060 g/mol. The van der Waals surface area contributed by atoms with Gasteiger partial charge in [-0.3, -0.25) is 19.2 Å². The van der Waals surface area contributed by atoms with E-state index in [-0.39, 0.29) is 13.2 Å². The fourth-order valence-corrected chi connectivity index (χ4v) is 8.74. The van der Waals surface area contributed by atoms with Crippen molar-refractivity contribution >= 4 is 23.8 Å². The van der Waals surface area contributed by atoms with Gasteiger partial charge in [-0.2, -0.15) is 0 Å². The highest BCUT2D eigenvalue weighted by atomic mass is 16.8. The van der Waals surface area contributed by atoms with Gasteiger partial charge in [0.2, 0.25) is 5.91 Å². The SMILES string of the molecule is CCCCOCC1O[C@@H](OCCCC)C(OCCCC)C(OCCCC)[C@@H]1OC1OC(COCCCC)[C@H](O[C@@H]2OC(COC(C)=O)[C@H](OC(C)=O)C(OC(C)=O)[C@@H]2NC(C)=O)[C@H](OCCCC)[C@@H]1OCCCC. The maximum Gasteiger partial charge on any atom is 0.303 e. The lowest BCUT2D eigenvalue weighted by Gasteiger charge is -2.51. The summed E-state index contributed by atoms with van der Waals surface area (Å²) in [5, 5.41) is 2.82. The molecule has 432 valence electrons. The number of hydrogen-bond donors (Lipinski definition) is 1. The molecule has 1 N–H and O–H groups in total. The van der Waals surface area contributed by atoms with Crippen LogP contribution in [0, 0.1) is 0 Å². The Morgan fingerprint density at radius 2 is 0.743 bits per heavy atom. The summed E-state index contributed by atoms with van der Waals surface area (Å²) in [6.07, 6.45) is -2.50. The van der Waals surface area contributed by atoms with E-state index in [1.165, 1.54) is 27.7 Å². The number of nitrogens with one attached hydrogen (secondary N) is 1. The first-order valence-corrected chi connectivity index (χ1v) is 28.0. The number of amides is 1. The standard InChI is InChI=1S/C54H97NO19/c1-12-19-26-60-33-40-46(48(62-28-21-14-3)50(64-30-23-16-5)53(71-40)66-32-25-18-7)74-54-51(65-31-24-17-6)49(63-29-22-15-4)45(41(72-54)34-61-27-20-13-2)73-52-43(55-36(8)56)47(69-39(11)59)44(68-38(10)58)42(70-52)35-67-37(9)57/h40-54H,12-35H2,1-11H3,(H,55,56)/t40?,41?,42?,43-,44-,45-,46+,47?,48?,49-,50?,51-,52-,53+,54?/m0/s1. The third kappa shape index (κ3) is 22.8. The molecule has 1 amide bonds. The summed E-state index contributed by atoms with van der Waals surface area (Å²) in [5.41, 5.74) is 0. The van der Waals surface area contributed by atoms with Gasteiger partial charge in [-0.15, -0.1) is 0 Å². The molecule has 0 spiro atoms. The van der Waals surface area contributed by atoms with Gasteiger partial charge in [0.1, 0.15) is 67.6 Å². The van der Waals surface area contributed by atoms with Gasteiger partial charge in [0.05, 0.1) is 13.2 Å². The fourth-order valence-electron chi connectivity index (χ4n) is 8.74. The van der Waals surface area contributed by atoms with Crippen LogP contribution in [0.3, 0.4) is 0 Å². The summed E-state index contributed by atoms with van der Waals surface area (Å²) in [6, 6.07) is -1.27. The average Bonchev–Trinajstić information content (AvgIpc) is 3.35. The van der Waals surface area contributed by atoms with Crippen LogP contribution in [0.4, 0.5) is 0 Å². The van der Waals surface area contributed by atoms with Gasteiger partial charge in [-0.05, 0) is 44.9 Å². The van der Waals surface area contributed by atoms with Gasteiger partial charge in [0.25, 0.3) is 0 Å². The van der Waals surface area contributed by atoms with Gasteiger partial charge in [-0.25, -0.2) is 0 Å². The van der Waals surface area contributed by atoms with Gasteiger partial charge >= 0.3 is 17.9 Å². The number of unbranched alkanes of at least 4 members (excludes halogenated alkanes) is 7. The molecular formula is C54H97NO19.